The van der Waals surface area contributed by atoms with Gasteiger partial charge in [-0.3, -0.25) is 4.98 Å². The van der Waals surface area contributed by atoms with Crippen molar-refractivity contribution in [2.24, 2.45) is 5.73 Å². The van der Waals surface area contributed by atoms with Crippen molar-refractivity contribution in [2.45, 2.75) is 25.9 Å². The second-order valence-corrected chi connectivity index (χ2v) is 5.57. The predicted octanol–water partition coefficient (Wildman–Crippen LogP) is 3.26. The summed E-state index contributed by atoms with van der Waals surface area (Å²) in [6, 6.07) is 12.0. The molecule has 0 spiro atoms. The van der Waals surface area contributed by atoms with E-state index in [0.717, 1.165) is 29.4 Å². The van der Waals surface area contributed by atoms with Crippen molar-refractivity contribution in [1.82, 2.24) is 4.98 Å². The predicted molar refractivity (Wildman–Crippen MR) is 85.1 cm³/mol. The molecule has 0 aliphatic carbocycles. The van der Waals surface area contributed by atoms with Gasteiger partial charge in [0, 0.05) is 30.0 Å². The Bertz CT molecular complexity index is 555. The fraction of sp³-hybridized carbons (Fsp3) is 0.312. The number of rotatable bonds is 5. The summed E-state index contributed by atoms with van der Waals surface area (Å²) in [7, 11) is 2.05. The third-order valence-electron chi connectivity index (χ3n) is 3.13. The molecule has 20 heavy (non-hydrogen) atoms. The summed E-state index contributed by atoms with van der Waals surface area (Å²) < 4.78 is 0. The maximum Gasteiger partial charge on any atom is 0.0598 e. The lowest BCUT2D eigenvalue weighted by Crippen LogP contribution is -2.22. The molecule has 1 aromatic heterocycles. The van der Waals surface area contributed by atoms with Gasteiger partial charge in [-0.1, -0.05) is 23.7 Å². The minimum absolute atomic E-state index is 0.123. The standard InChI is InChI=1S/C16H20ClN3/c1-12(18)9-13-6-7-14(17)10-16(13)20(2)11-15-5-3-4-8-19-15/h3-8,10,12H,9,11,18H2,1-2H3. The quantitative estimate of drug-likeness (QED) is 0.919. The third kappa shape index (κ3) is 3.95. The SMILES string of the molecule is CC(N)Cc1ccc(Cl)cc1N(C)Cc1ccccn1. The van der Waals surface area contributed by atoms with Crippen molar-refractivity contribution in [3.05, 3.63) is 58.9 Å². The zero-order valence-corrected chi connectivity index (χ0v) is 12.6. The molecule has 2 N–H and O–H groups in total. The van der Waals surface area contributed by atoms with Crippen LogP contribution in [-0.2, 0) is 13.0 Å². The summed E-state index contributed by atoms with van der Waals surface area (Å²) in [5.41, 5.74) is 9.27. The average molecular weight is 290 g/mol. The van der Waals surface area contributed by atoms with E-state index < -0.39 is 0 Å². The molecule has 0 aliphatic rings. The van der Waals surface area contributed by atoms with E-state index >= 15 is 0 Å². The topological polar surface area (TPSA) is 42.1 Å². The molecule has 0 amide bonds. The molecule has 0 bridgehead atoms. The first kappa shape index (κ1) is 14.8. The average Bonchev–Trinajstić information content (AvgIpc) is 2.41. The molecule has 0 saturated heterocycles. The maximum absolute atomic E-state index is 6.13. The van der Waals surface area contributed by atoms with Gasteiger partial charge >= 0.3 is 0 Å². The van der Waals surface area contributed by atoms with Gasteiger partial charge in [0.1, 0.15) is 0 Å². The summed E-state index contributed by atoms with van der Waals surface area (Å²) in [4.78, 5) is 6.52. The zero-order chi connectivity index (χ0) is 14.5. The van der Waals surface area contributed by atoms with Gasteiger partial charge in [0.2, 0.25) is 0 Å². The maximum atomic E-state index is 6.13. The highest BCUT2D eigenvalue weighted by atomic mass is 35.5. The molecule has 1 aromatic carbocycles. The summed E-state index contributed by atoms with van der Waals surface area (Å²) in [6.45, 7) is 2.75. The largest absolute Gasteiger partial charge is 0.368 e. The second-order valence-electron chi connectivity index (χ2n) is 5.13. The number of halogens is 1. The summed E-state index contributed by atoms with van der Waals surface area (Å²) in [5, 5.41) is 0.737. The monoisotopic (exact) mass is 289 g/mol. The minimum atomic E-state index is 0.123. The Balaban J connectivity index is 2.23. The van der Waals surface area contributed by atoms with Gasteiger partial charge in [0.25, 0.3) is 0 Å². The van der Waals surface area contributed by atoms with Crippen molar-refractivity contribution in [3.63, 3.8) is 0 Å². The highest BCUT2D eigenvalue weighted by Gasteiger charge is 2.11. The van der Waals surface area contributed by atoms with Crippen LogP contribution < -0.4 is 10.6 Å². The van der Waals surface area contributed by atoms with Crippen LogP contribution >= 0.6 is 11.6 Å². The van der Waals surface area contributed by atoms with Gasteiger partial charge in [-0.05, 0) is 43.2 Å². The van der Waals surface area contributed by atoms with E-state index in [1.165, 1.54) is 5.56 Å². The third-order valence-corrected chi connectivity index (χ3v) is 3.36. The summed E-state index contributed by atoms with van der Waals surface area (Å²) >= 11 is 6.13. The van der Waals surface area contributed by atoms with Crippen molar-refractivity contribution >= 4 is 17.3 Å². The molecular weight excluding hydrogens is 270 g/mol. The van der Waals surface area contributed by atoms with E-state index in [1.54, 1.807) is 0 Å². The molecule has 1 unspecified atom stereocenters. The number of nitrogens with zero attached hydrogens (tertiary/aromatic N) is 2. The molecule has 106 valence electrons. The number of benzene rings is 1. The number of anilines is 1. The normalized spacial score (nSPS) is 12.2. The second kappa shape index (κ2) is 6.73. The molecule has 0 radical (unpaired) electrons. The Kier molecular flexibility index (Phi) is 4.99. The van der Waals surface area contributed by atoms with Gasteiger partial charge in [-0.25, -0.2) is 0 Å². The lowest BCUT2D eigenvalue weighted by atomic mass is 10.0. The number of nitrogens with two attached hydrogens (primary N) is 1. The van der Waals surface area contributed by atoms with Crippen LogP contribution in [0.2, 0.25) is 5.02 Å². The number of hydrogen-bond acceptors (Lipinski definition) is 3. The fourth-order valence-corrected chi connectivity index (χ4v) is 2.40. The summed E-state index contributed by atoms with van der Waals surface area (Å²) in [6.07, 6.45) is 2.64. The van der Waals surface area contributed by atoms with E-state index in [4.69, 9.17) is 17.3 Å². The Morgan fingerprint density at radius 2 is 2.10 bits per heavy atom. The van der Waals surface area contributed by atoms with Crippen LogP contribution in [0, 0.1) is 0 Å². The van der Waals surface area contributed by atoms with Crippen LogP contribution in [0.15, 0.2) is 42.6 Å². The van der Waals surface area contributed by atoms with Crippen LogP contribution in [0.3, 0.4) is 0 Å². The number of hydrogen-bond donors (Lipinski definition) is 1. The minimum Gasteiger partial charge on any atom is -0.368 e. The number of pyridine rings is 1. The molecule has 2 rings (SSSR count). The molecule has 0 saturated carbocycles. The van der Waals surface area contributed by atoms with Crippen molar-refractivity contribution < 1.29 is 0 Å². The molecule has 1 heterocycles. The van der Waals surface area contributed by atoms with Crippen LogP contribution in [0.1, 0.15) is 18.2 Å². The Morgan fingerprint density at radius 1 is 1.30 bits per heavy atom. The zero-order valence-electron chi connectivity index (χ0n) is 11.9. The van der Waals surface area contributed by atoms with E-state index in [-0.39, 0.29) is 6.04 Å². The molecule has 2 aromatic rings. The molecule has 1 atom stereocenters. The van der Waals surface area contributed by atoms with Crippen LogP contribution in [0.4, 0.5) is 5.69 Å². The molecule has 0 fully saturated rings. The molecule has 0 aliphatic heterocycles. The van der Waals surface area contributed by atoms with Crippen LogP contribution in [-0.4, -0.2) is 18.1 Å². The molecule has 3 nitrogen and oxygen atoms in total. The van der Waals surface area contributed by atoms with Crippen molar-refractivity contribution in [1.29, 1.82) is 0 Å². The first-order chi connectivity index (χ1) is 9.56. The smallest absolute Gasteiger partial charge is 0.0598 e. The highest BCUT2D eigenvalue weighted by molar-refractivity contribution is 6.30. The Hall–Kier alpha value is -1.58. The molecular formula is C16H20ClN3. The van der Waals surface area contributed by atoms with Gasteiger partial charge in [-0.15, -0.1) is 0 Å². The lowest BCUT2D eigenvalue weighted by molar-refractivity contribution is 0.733. The van der Waals surface area contributed by atoms with Gasteiger partial charge < -0.3 is 10.6 Å². The highest BCUT2D eigenvalue weighted by Crippen LogP contribution is 2.26. The van der Waals surface area contributed by atoms with Crippen molar-refractivity contribution in [2.75, 3.05) is 11.9 Å². The van der Waals surface area contributed by atoms with Crippen molar-refractivity contribution in [3.8, 4) is 0 Å². The Labute approximate surface area is 125 Å². The first-order valence-electron chi connectivity index (χ1n) is 6.71. The Morgan fingerprint density at radius 3 is 2.75 bits per heavy atom. The number of aromatic nitrogens is 1. The van der Waals surface area contributed by atoms with E-state index in [9.17, 15) is 0 Å². The van der Waals surface area contributed by atoms with E-state index in [1.807, 2.05) is 50.5 Å². The molecule has 4 heteroatoms. The first-order valence-corrected chi connectivity index (χ1v) is 7.09. The van der Waals surface area contributed by atoms with E-state index in [0.29, 0.717) is 0 Å². The summed E-state index contributed by atoms with van der Waals surface area (Å²) in [5.74, 6) is 0. The van der Waals surface area contributed by atoms with Gasteiger partial charge in [0.05, 0.1) is 12.2 Å². The van der Waals surface area contributed by atoms with Gasteiger partial charge in [0.15, 0.2) is 0 Å². The van der Waals surface area contributed by atoms with E-state index in [2.05, 4.69) is 16.0 Å². The van der Waals surface area contributed by atoms with Crippen LogP contribution in [0.5, 0.6) is 0 Å². The van der Waals surface area contributed by atoms with Crippen LogP contribution in [0.25, 0.3) is 0 Å². The lowest BCUT2D eigenvalue weighted by Gasteiger charge is -2.23. The van der Waals surface area contributed by atoms with Gasteiger partial charge in [-0.2, -0.15) is 0 Å². The fourth-order valence-electron chi connectivity index (χ4n) is 2.23.